The quantitative estimate of drug-likeness (QED) is 0.494. The summed E-state index contributed by atoms with van der Waals surface area (Å²) in [6, 6.07) is 12.5. The number of nitro groups is 1. The summed E-state index contributed by atoms with van der Waals surface area (Å²) in [6.45, 7) is 0. The molecule has 1 N–H and O–H groups in total. The number of hydrogen-bond acceptors (Lipinski definition) is 4. The molecule has 0 unspecified atom stereocenters. The summed E-state index contributed by atoms with van der Waals surface area (Å²) in [6.07, 6.45) is 0.0709. The van der Waals surface area contributed by atoms with E-state index in [9.17, 15) is 19.7 Å². The van der Waals surface area contributed by atoms with E-state index in [1.165, 1.54) is 12.1 Å². The van der Waals surface area contributed by atoms with Crippen LogP contribution in [0, 0.1) is 10.1 Å². The van der Waals surface area contributed by atoms with Crippen LogP contribution in [0.3, 0.4) is 0 Å². The highest BCUT2D eigenvalue weighted by atomic mass is 35.5. The summed E-state index contributed by atoms with van der Waals surface area (Å²) < 4.78 is 0. The van der Waals surface area contributed by atoms with Crippen molar-refractivity contribution >= 4 is 34.7 Å². The predicted molar refractivity (Wildman–Crippen MR) is 86.7 cm³/mol. The number of anilines is 1. The smallest absolute Gasteiger partial charge is 0.271 e. The second-order valence-corrected chi connectivity index (χ2v) is 5.17. The minimum absolute atomic E-state index is 0.00104. The Balaban J connectivity index is 1.92. The highest BCUT2D eigenvalue weighted by Crippen LogP contribution is 2.26. The maximum absolute atomic E-state index is 11.9. The lowest BCUT2D eigenvalue weighted by atomic mass is 10.1. The van der Waals surface area contributed by atoms with Crippen LogP contribution in [0.2, 0.25) is 5.02 Å². The van der Waals surface area contributed by atoms with Crippen molar-refractivity contribution in [3.05, 3.63) is 69.2 Å². The van der Waals surface area contributed by atoms with Crippen molar-refractivity contribution in [2.24, 2.45) is 0 Å². The third kappa shape index (κ3) is 4.62. The van der Waals surface area contributed by atoms with Gasteiger partial charge in [0.05, 0.1) is 15.6 Å². The Morgan fingerprint density at radius 3 is 2.39 bits per heavy atom. The molecular weight excluding hydrogens is 320 g/mol. The average molecular weight is 333 g/mol. The van der Waals surface area contributed by atoms with Crippen LogP contribution < -0.4 is 5.32 Å². The van der Waals surface area contributed by atoms with Gasteiger partial charge in [-0.05, 0) is 6.07 Å². The number of benzene rings is 2. The molecular formula is C16H13ClN2O4. The van der Waals surface area contributed by atoms with Crippen molar-refractivity contribution in [2.75, 3.05) is 5.32 Å². The number of halogens is 1. The average Bonchev–Trinajstić information content (AvgIpc) is 2.55. The Kier molecular flexibility index (Phi) is 5.43. The van der Waals surface area contributed by atoms with Gasteiger partial charge in [0.15, 0.2) is 5.78 Å². The number of carbonyl (C=O) groups is 2. The number of nitrogens with zero attached hydrogens (tertiary/aromatic N) is 1. The standard InChI is InChI=1S/C16H13ClN2O4/c17-13-10-12(19(22)23)6-7-14(13)18-16(21)9-8-15(20)11-4-2-1-3-5-11/h1-7,10H,8-9H2,(H,18,21). The van der Waals surface area contributed by atoms with Crippen molar-refractivity contribution < 1.29 is 14.5 Å². The highest BCUT2D eigenvalue weighted by molar-refractivity contribution is 6.34. The van der Waals surface area contributed by atoms with Gasteiger partial charge in [-0.1, -0.05) is 41.9 Å². The molecule has 2 rings (SSSR count). The van der Waals surface area contributed by atoms with Gasteiger partial charge in [0, 0.05) is 30.5 Å². The number of nitro benzene ring substituents is 1. The molecule has 6 nitrogen and oxygen atoms in total. The molecule has 118 valence electrons. The molecule has 2 aromatic rings. The van der Waals surface area contributed by atoms with E-state index in [-0.39, 0.29) is 40.9 Å². The van der Waals surface area contributed by atoms with Crippen molar-refractivity contribution in [2.45, 2.75) is 12.8 Å². The summed E-state index contributed by atoms with van der Waals surface area (Å²) in [5.74, 6) is -0.513. The molecule has 0 aliphatic rings. The third-order valence-corrected chi connectivity index (χ3v) is 3.43. The number of rotatable bonds is 6. The van der Waals surface area contributed by atoms with Crippen molar-refractivity contribution in [1.29, 1.82) is 0 Å². The molecule has 0 bridgehead atoms. The molecule has 0 radical (unpaired) electrons. The SMILES string of the molecule is O=C(CCC(=O)c1ccccc1)Nc1ccc([N+](=O)[O-])cc1Cl. The molecule has 0 heterocycles. The molecule has 0 aliphatic carbocycles. The minimum atomic E-state index is -0.573. The summed E-state index contributed by atoms with van der Waals surface area (Å²) in [4.78, 5) is 33.8. The maximum atomic E-state index is 11.9. The molecule has 0 aromatic heterocycles. The number of non-ortho nitro benzene ring substituents is 1. The number of amides is 1. The van der Waals surface area contributed by atoms with Gasteiger partial charge in [-0.25, -0.2) is 0 Å². The van der Waals surface area contributed by atoms with E-state index in [0.717, 1.165) is 6.07 Å². The van der Waals surface area contributed by atoms with E-state index >= 15 is 0 Å². The van der Waals surface area contributed by atoms with Crippen LogP contribution in [0.15, 0.2) is 48.5 Å². The van der Waals surface area contributed by atoms with E-state index < -0.39 is 4.92 Å². The fraction of sp³-hybridized carbons (Fsp3) is 0.125. The maximum Gasteiger partial charge on any atom is 0.271 e. The number of nitrogens with one attached hydrogen (secondary N) is 1. The molecule has 0 fully saturated rings. The third-order valence-electron chi connectivity index (χ3n) is 3.11. The second kappa shape index (κ2) is 7.51. The van der Waals surface area contributed by atoms with E-state index in [1.807, 2.05) is 0 Å². The van der Waals surface area contributed by atoms with Crippen molar-refractivity contribution in [3.8, 4) is 0 Å². The Morgan fingerprint density at radius 2 is 1.78 bits per heavy atom. The van der Waals surface area contributed by atoms with E-state index in [0.29, 0.717) is 5.56 Å². The molecule has 2 aromatic carbocycles. The molecule has 23 heavy (non-hydrogen) atoms. The Morgan fingerprint density at radius 1 is 1.09 bits per heavy atom. The molecule has 7 heteroatoms. The van der Waals surface area contributed by atoms with Crippen LogP contribution in [0.25, 0.3) is 0 Å². The largest absolute Gasteiger partial charge is 0.325 e. The number of ketones is 1. The van der Waals surface area contributed by atoms with Crippen LogP contribution in [0.1, 0.15) is 23.2 Å². The fourth-order valence-electron chi connectivity index (χ4n) is 1.93. The summed E-state index contributed by atoms with van der Waals surface area (Å²) in [5, 5.41) is 13.2. The van der Waals surface area contributed by atoms with Crippen molar-refractivity contribution in [1.82, 2.24) is 0 Å². The van der Waals surface area contributed by atoms with Crippen LogP contribution in [0.5, 0.6) is 0 Å². The fourth-order valence-corrected chi connectivity index (χ4v) is 2.15. The van der Waals surface area contributed by atoms with Crippen molar-refractivity contribution in [3.63, 3.8) is 0 Å². The first kappa shape index (κ1) is 16.6. The van der Waals surface area contributed by atoms with Crippen LogP contribution in [0.4, 0.5) is 11.4 Å². The Hall–Kier alpha value is -2.73. The van der Waals surface area contributed by atoms with Gasteiger partial charge in [0.1, 0.15) is 0 Å². The number of carbonyl (C=O) groups excluding carboxylic acids is 2. The highest BCUT2D eigenvalue weighted by Gasteiger charge is 2.13. The topological polar surface area (TPSA) is 89.3 Å². The van der Waals surface area contributed by atoms with Crippen LogP contribution in [-0.4, -0.2) is 16.6 Å². The number of hydrogen-bond donors (Lipinski definition) is 1. The lowest BCUT2D eigenvalue weighted by Crippen LogP contribution is -2.13. The van der Waals surface area contributed by atoms with E-state index in [4.69, 9.17) is 11.6 Å². The molecule has 1 amide bonds. The molecule has 0 aliphatic heterocycles. The van der Waals surface area contributed by atoms with Gasteiger partial charge >= 0.3 is 0 Å². The van der Waals surface area contributed by atoms with E-state index in [2.05, 4.69) is 5.32 Å². The Labute approximate surface area is 137 Å². The lowest BCUT2D eigenvalue weighted by molar-refractivity contribution is -0.384. The molecule has 0 saturated carbocycles. The van der Waals surface area contributed by atoms with Gasteiger partial charge in [-0.3, -0.25) is 19.7 Å². The molecule has 0 saturated heterocycles. The zero-order valence-corrected chi connectivity index (χ0v) is 12.7. The predicted octanol–water partition coefficient (Wildman–Crippen LogP) is 3.85. The summed E-state index contributed by atoms with van der Waals surface area (Å²) >= 11 is 5.89. The summed E-state index contributed by atoms with van der Waals surface area (Å²) in [7, 11) is 0. The lowest BCUT2D eigenvalue weighted by Gasteiger charge is -2.07. The van der Waals surface area contributed by atoms with Crippen LogP contribution >= 0.6 is 11.6 Å². The van der Waals surface area contributed by atoms with Crippen LogP contribution in [-0.2, 0) is 4.79 Å². The second-order valence-electron chi connectivity index (χ2n) is 4.76. The molecule has 0 atom stereocenters. The first-order valence-corrected chi connectivity index (χ1v) is 7.17. The van der Waals surface area contributed by atoms with Gasteiger partial charge in [-0.15, -0.1) is 0 Å². The first-order chi connectivity index (χ1) is 11.0. The van der Waals surface area contributed by atoms with Gasteiger partial charge in [-0.2, -0.15) is 0 Å². The zero-order chi connectivity index (χ0) is 16.8. The van der Waals surface area contributed by atoms with Gasteiger partial charge in [0.25, 0.3) is 5.69 Å². The summed E-state index contributed by atoms with van der Waals surface area (Å²) in [5.41, 5.74) is 0.662. The first-order valence-electron chi connectivity index (χ1n) is 6.79. The van der Waals surface area contributed by atoms with Gasteiger partial charge < -0.3 is 5.32 Å². The minimum Gasteiger partial charge on any atom is -0.325 e. The normalized spacial score (nSPS) is 10.1. The monoisotopic (exact) mass is 332 g/mol. The number of Topliss-reactive ketones (excluding diaryl/α,β-unsaturated/α-hetero) is 1. The van der Waals surface area contributed by atoms with E-state index in [1.54, 1.807) is 30.3 Å². The molecule has 0 spiro atoms. The zero-order valence-electron chi connectivity index (χ0n) is 12.0. The Bertz CT molecular complexity index is 747. The van der Waals surface area contributed by atoms with Gasteiger partial charge in [0.2, 0.25) is 5.91 Å².